The second kappa shape index (κ2) is 17.0. The lowest BCUT2D eigenvalue weighted by molar-refractivity contribution is -0.257. The molecule has 2 N–H and O–H groups in total. The molecule has 52 heavy (non-hydrogen) atoms. The molecule has 0 aromatic heterocycles. The zero-order chi connectivity index (χ0) is 36.8. The van der Waals surface area contributed by atoms with Gasteiger partial charge in [-0.1, -0.05) is 43.1 Å². The van der Waals surface area contributed by atoms with Crippen molar-refractivity contribution in [2.45, 2.75) is 103 Å². The summed E-state index contributed by atoms with van der Waals surface area (Å²) in [5.74, 6) is 1.11. The van der Waals surface area contributed by atoms with Crippen LogP contribution in [0.4, 0.5) is 0 Å². The summed E-state index contributed by atoms with van der Waals surface area (Å²) in [6.07, 6.45) is 12.1. The molecule has 0 bridgehead atoms. The molecule has 2 aromatic carbocycles. The number of allylic oxidation sites excluding steroid dienone is 1. The number of benzene rings is 2. The fourth-order valence-electron chi connectivity index (χ4n) is 8.96. The Labute approximate surface area is 309 Å². The summed E-state index contributed by atoms with van der Waals surface area (Å²) < 4.78 is 20.8. The van der Waals surface area contributed by atoms with Crippen molar-refractivity contribution >= 4 is 11.6 Å². The van der Waals surface area contributed by atoms with Crippen LogP contribution >= 0.6 is 0 Å². The van der Waals surface area contributed by atoms with E-state index in [0.717, 1.165) is 91.0 Å². The van der Waals surface area contributed by atoms with E-state index >= 15 is 0 Å². The molecule has 6 atom stereocenters. The van der Waals surface area contributed by atoms with Crippen molar-refractivity contribution in [2.24, 2.45) is 28.8 Å². The van der Waals surface area contributed by atoms with Crippen LogP contribution in [0.3, 0.4) is 0 Å². The molecular weight excluding hydrogens is 656 g/mol. The van der Waals surface area contributed by atoms with Gasteiger partial charge in [0, 0.05) is 43.6 Å². The monoisotopic (exact) mass is 714 g/mol. The summed E-state index contributed by atoms with van der Waals surface area (Å²) in [5, 5.41) is 24.3. The molecule has 4 aliphatic rings. The zero-order valence-electron chi connectivity index (χ0n) is 31.5. The lowest BCUT2D eigenvalue weighted by Crippen LogP contribution is -2.70. The second-order valence-corrected chi connectivity index (χ2v) is 15.1. The summed E-state index contributed by atoms with van der Waals surface area (Å²) in [6.45, 7) is 11.4. The molecule has 0 spiro atoms. The van der Waals surface area contributed by atoms with Gasteiger partial charge in [0.15, 0.2) is 0 Å². The van der Waals surface area contributed by atoms with E-state index in [1.54, 1.807) is 13.2 Å². The minimum absolute atomic E-state index is 0.0213. The van der Waals surface area contributed by atoms with Crippen LogP contribution in [0.1, 0.15) is 93.7 Å². The molecule has 1 heterocycles. The molecule has 2 aromatic rings. The molecule has 3 aliphatic carbocycles. The number of oxime groups is 1. The third-order valence-electron chi connectivity index (χ3n) is 11.6. The van der Waals surface area contributed by atoms with Crippen molar-refractivity contribution in [2.75, 3.05) is 33.5 Å². The lowest BCUT2D eigenvalue weighted by Gasteiger charge is -2.60. The van der Waals surface area contributed by atoms with Gasteiger partial charge in [0.1, 0.15) is 30.4 Å². The van der Waals surface area contributed by atoms with Crippen molar-refractivity contribution in [1.82, 2.24) is 4.90 Å². The molecule has 9 heteroatoms. The van der Waals surface area contributed by atoms with Gasteiger partial charge >= 0.3 is 0 Å². The fourth-order valence-corrected chi connectivity index (χ4v) is 8.96. The maximum Gasteiger partial charge on any atom is 0.239 e. The molecular formula is C43H58N2O7. The number of hydrogen-bond donors (Lipinski definition) is 2. The third-order valence-corrected chi connectivity index (χ3v) is 11.6. The highest BCUT2D eigenvalue weighted by molar-refractivity contribution is 6.03. The Hall–Kier alpha value is -3.66. The number of aryl methyl sites for hydroxylation is 2. The van der Waals surface area contributed by atoms with Gasteiger partial charge in [-0.2, -0.15) is 0 Å². The van der Waals surface area contributed by atoms with Crippen molar-refractivity contribution in [3.8, 4) is 17.2 Å². The van der Waals surface area contributed by atoms with E-state index in [1.807, 2.05) is 23.1 Å². The van der Waals surface area contributed by atoms with Crippen LogP contribution in [0.2, 0.25) is 0 Å². The first kappa shape index (κ1) is 38.1. The standard InChI is InChI=1S/C43H58N2O7/c1-6-20-45(42(48)30-15-16-30)39-27-37(44-49-5)35-25-31(12-8-10-21-46)34(13-9-11-22-47)40-36-26-33(51-32-17-14-28(3)29(4)24-32)18-19-38(36)52-43(39,41(35)40)50-23-7-2/h7,14,17-19,24-26,30-31,34,39-41,46-47H,2,6,8-13,15-16,20-23,27H2,1,3-5H3. The Morgan fingerprint density at radius 1 is 1.04 bits per heavy atom. The molecule has 2 fully saturated rings. The highest BCUT2D eigenvalue weighted by atomic mass is 16.7. The van der Waals surface area contributed by atoms with Gasteiger partial charge in [-0.15, -0.1) is 6.58 Å². The molecule has 0 saturated heterocycles. The number of amides is 1. The summed E-state index contributed by atoms with van der Waals surface area (Å²) in [7, 11) is 1.58. The second-order valence-electron chi connectivity index (χ2n) is 15.1. The normalized spacial score (nSPS) is 26.8. The minimum Gasteiger partial charge on any atom is -0.459 e. The zero-order valence-corrected chi connectivity index (χ0v) is 31.5. The summed E-state index contributed by atoms with van der Waals surface area (Å²) in [5.41, 5.74) is 5.28. The Morgan fingerprint density at radius 3 is 2.44 bits per heavy atom. The number of rotatable bonds is 18. The Balaban J connectivity index is 1.56. The highest BCUT2D eigenvalue weighted by Gasteiger charge is 2.65. The quantitative estimate of drug-likeness (QED) is 0.0915. The number of aliphatic hydroxyl groups is 2. The highest BCUT2D eigenvalue weighted by Crippen LogP contribution is 2.62. The number of carbonyl (C=O) groups is 1. The van der Waals surface area contributed by atoms with E-state index in [-0.39, 0.29) is 55.3 Å². The molecule has 0 radical (unpaired) electrons. The third kappa shape index (κ3) is 7.68. The van der Waals surface area contributed by atoms with E-state index in [1.165, 1.54) is 5.56 Å². The average molecular weight is 715 g/mol. The number of carbonyl (C=O) groups excluding carboxylic acids is 1. The first-order valence-corrected chi connectivity index (χ1v) is 19.5. The van der Waals surface area contributed by atoms with Gasteiger partial charge in [0.25, 0.3) is 0 Å². The fraction of sp³-hybridized carbons (Fsp3) is 0.581. The smallest absolute Gasteiger partial charge is 0.239 e. The Bertz CT molecular complexity index is 1630. The van der Waals surface area contributed by atoms with Crippen LogP contribution in [0.15, 0.2) is 65.9 Å². The van der Waals surface area contributed by atoms with E-state index in [2.05, 4.69) is 56.8 Å². The maximum atomic E-state index is 14.2. The summed E-state index contributed by atoms with van der Waals surface area (Å²) >= 11 is 0. The first-order valence-electron chi connectivity index (χ1n) is 19.5. The predicted molar refractivity (Wildman–Crippen MR) is 203 cm³/mol. The van der Waals surface area contributed by atoms with Crippen molar-refractivity contribution in [1.29, 1.82) is 0 Å². The predicted octanol–water partition coefficient (Wildman–Crippen LogP) is 8.01. The van der Waals surface area contributed by atoms with Gasteiger partial charge in [0.05, 0.1) is 18.2 Å². The van der Waals surface area contributed by atoms with Gasteiger partial charge < -0.3 is 34.2 Å². The first-order chi connectivity index (χ1) is 25.3. The summed E-state index contributed by atoms with van der Waals surface area (Å²) in [4.78, 5) is 21.8. The molecule has 9 nitrogen and oxygen atoms in total. The Morgan fingerprint density at radius 2 is 1.77 bits per heavy atom. The number of aliphatic hydroxyl groups excluding tert-OH is 2. The van der Waals surface area contributed by atoms with E-state index in [4.69, 9.17) is 19.0 Å². The Kier molecular flexibility index (Phi) is 12.4. The largest absolute Gasteiger partial charge is 0.459 e. The van der Waals surface area contributed by atoms with Crippen molar-refractivity contribution < 1.29 is 34.1 Å². The molecule has 2 saturated carbocycles. The van der Waals surface area contributed by atoms with Gasteiger partial charge in [-0.25, -0.2) is 0 Å². The molecule has 282 valence electrons. The van der Waals surface area contributed by atoms with E-state index in [0.29, 0.717) is 19.4 Å². The topological polar surface area (TPSA) is 110 Å². The van der Waals surface area contributed by atoms with E-state index in [9.17, 15) is 15.0 Å². The number of unbranched alkanes of at least 4 members (excludes halogenated alkanes) is 2. The minimum atomic E-state index is -1.22. The molecule has 1 aliphatic heterocycles. The van der Waals surface area contributed by atoms with Gasteiger partial charge in [-0.3, -0.25) is 4.79 Å². The van der Waals surface area contributed by atoms with Crippen molar-refractivity contribution in [3.63, 3.8) is 0 Å². The van der Waals surface area contributed by atoms with Crippen LogP contribution in [0.25, 0.3) is 0 Å². The van der Waals surface area contributed by atoms with E-state index < -0.39 is 11.8 Å². The molecule has 1 amide bonds. The summed E-state index contributed by atoms with van der Waals surface area (Å²) in [6, 6.07) is 11.8. The van der Waals surface area contributed by atoms with Gasteiger partial charge in [-0.05, 0) is 118 Å². The van der Waals surface area contributed by atoms with Crippen molar-refractivity contribution in [3.05, 3.63) is 77.4 Å². The SMILES string of the molecule is C=CCOC12Oc3ccc(Oc4ccc(C)c(C)c4)cc3C3C(CCCCO)C(CCCCO)C=C(C(=NOC)CC1N(CCC)C(=O)C1CC1)C32. The van der Waals surface area contributed by atoms with Crippen LogP contribution in [0, 0.1) is 37.5 Å². The number of fused-ring (bicyclic) bond motifs is 2. The van der Waals surface area contributed by atoms with Crippen LogP contribution in [0.5, 0.6) is 17.2 Å². The number of nitrogens with zero attached hydrogens (tertiary/aromatic N) is 2. The molecule has 6 unspecified atom stereocenters. The lowest BCUT2D eigenvalue weighted by atomic mass is 9.55. The number of ether oxygens (including phenoxy) is 3. The van der Waals surface area contributed by atoms with Crippen LogP contribution in [-0.4, -0.2) is 72.0 Å². The maximum absolute atomic E-state index is 14.2. The molecule has 6 rings (SSSR count). The van der Waals surface area contributed by atoms with Gasteiger partial charge in [0.2, 0.25) is 11.7 Å². The number of hydrogen-bond acceptors (Lipinski definition) is 8. The van der Waals surface area contributed by atoms with Crippen LogP contribution < -0.4 is 9.47 Å². The van der Waals surface area contributed by atoms with Crippen LogP contribution in [-0.2, 0) is 14.4 Å². The average Bonchev–Trinajstić information content (AvgIpc) is 3.99.